The molecule has 0 spiro atoms. The van der Waals surface area contributed by atoms with Crippen LogP contribution in [0.2, 0.25) is 0 Å². The summed E-state index contributed by atoms with van der Waals surface area (Å²) in [4.78, 5) is 20.8. The van der Waals surface area contributed by atoms with Crippen LogP contribution in [0.4, 0.5) is 0 Å². The minimum atomic E-state index is -1.32. The van der Waals surface area contributed by atoms with Crippen LogP contribution >= 0.6 is 0 Å². The van der Waals surface area contributed by atoms with Crippen LogP contribution in [-0.4, -0.2) is 35.7 Å². The van der Waals surface area contributed by atoms with Crippen molar-refractivity contribution in [1.82, 2.24) is 0 Å². The zero-order valence-corrected chi connectivity index (χ0v) is 9.78. The first-order valence-corrected chi connectivity index (χ1v) is 5.20. The number of hydrogen-bond acceptors (Lipinski definition) is 5. The van der Waals surface area contributed by atoms with E-state index in [9.17, 15) is 14.9 Å². The van der Waals surface area contributed by atoms with Crippen molar-refractivity contribution in [2.45, 2.75) is 12.0 Å². The Morgan fingerprint density at radius 1 is 1.50 bits per heavy atom. The Kier molecular flexibility index (Phi) is 4.61. The Hall–Kier alpha value is -2.15. The van der Waals surface area contributed by atoms with Crippen molar-refractivity contribution in [2.75, 3.05) is 13.7 Å². The maximum absolute atomic E-state index is 10.8. The maximum Gasteiger partial charge on any atom is 0.321 e. The molecule has 1 aromatic carbocycles. The monoisotopic (exact) mass is 254 g/mol. The number of nitrogens with zero attached hydrogens (tertiary/aromatic N) is 1. The van der Waals surface area contributed by atoms with Gasteiger partial charge in [-0.1, -0.05) is 12.1 Å². The van der Waals surface area contributed by atoms with Crippen LogP contribution in [0.25, 0.3) is 0 Å². The summed E-state index contributed by atoms with van der Waals surface area (Å²) in [5, 5.41) is 19.4. The SMILES string of the molecule is COc1ccc([C@@H](C[N+](=O)[O-])[C@H](N)C(=O)O)cc1. The number of nitrogens with two attached hydrogens (primary N) is 1. The normalized spacial score (nSPS) is 13.7. The highest BCUT2D eigenvalue weighted by molar-refractivity contribution is 5.74. The molecule has 1 aromatic rings. The lowest BCUT2D eigenvalue weighted by molar-refractivity contribution is -0.483. The molecule has 0 bridgehead atoms. The van der Waals surface area contributed by atoms with Gasteiger partial charge in [-0.25, -0.2) is 0 Å². The highest BCUT2D eigenvalue weighted by Crippen LogP contribution is 2.22. The zero-order chi connectivity index (χ0) is 13.7. The first-order chi connectivity index (χ1) is 8.45. The fourth-order valence-electron chi connectivity index (χ4n) is 1.61. The number of ether oxygens (including phenoxy) is 1. The minimum absolute atomic E-state index is 0.502. The molecule has 7 nitrogen and oxygen atoms in total. The molecule has 0 aliphatic heterocycles. The van der Waals surface area contributed by atoms with E-state index in [4.69, 9.17) is 15.6 Å². The summed E-state index contributed by atoms with van der Waals surface area (Å²) < 4.78 is 4.96. The van der Waals surface area contributed by atoms with Gasteiger partial charge in [0.05, 0.1) is 13.0 Å². The van der Waals surface area contributed by atoms with E-state index in [1.54, 1.807) is 24.3 Å². The van der Waals surface area contributed by atoms with Gasteiger partial charge in [-0.05, 0) is 17.7 Å². The molecular formula is C11H14N2O5. The lowest BCUT2D eigenvalue weighted by Gasteiger charge is -2.17. The van der Waals surface area contributed by atoms with Crippen LogP contribution in [0.5, 0.6) is 5.75 Å². The number of carbonyl (C=O) groups is 1. The first kappa shape index (κ1) is 13.9. The quantitative estimate of drug-likeness (QED) is 0.563. The summed E-state index contributed by atoms with van der Waals surface area (Å²) >= 11 is 0. The Labute approximate surface area is 103 Å². The average Bonchev–Trinajstić information content (AvgIpc) is 2.35. The molecule has 0 aliphatic rings. The van der Waals surface area contributed by atoms with Gasteiger partial charge < -0.3 is 15.6 Å². The Morgan fingerprint density at radius 2 is 2.06 bits per heavy atom. The number of methoxy groups -OCH3 is 1. The van der Waals surface area contributed by atoms with Gasteiger partial charge in [-0.2, -0.15) is 0 Å². The predicted molar refractivity (Wildman–Crippen MR) is 63.2 cm³/mol. The van der Waals surface area contributed by atoms with Crippen molar-refractivity contribution in [2.24, 2.45) is 5.73 Å². The molecule has 7 heteroatoms. The fraction of sp³-hybridized carbons (Fsp3) is 0.364. The first-order valence-electron chi connectivity index (χ1n) is 5.20. The molecule has 0 heterocycles. The number of aliphatic carboxylic acids is 1. The number of carboxylic acids is 1. The molecule has 2 atom stereocenters. The lowest BCUT2D eigenvalue weighted by atomic mass is 9.92. The molecule has 0 fully saturated rings. The zero-order valence-electron chi connectivity index (χ0n) is 9.78. The molecule has 0 saturated carbocycles. The third kappa shape index (κ3) is 3.42. The van der Waals surface area contributed by atoms with E-state index in [0.717, 1.165) is 0 Å². The molecule has 18 heavy (non-hydrogen) atoms. The van der Waals surface area contributed by atoms with E-state index in [1.807, 2.05) is 0 Å². The van der Waals surface area contributed by atoms with Crippen LogP contribution in [0, 0.1) is 10.1 Å². The van der Waals surface area contributed by atoms with E-state index in [2.05, 4.69) is 0 Å². The summed E-state index contributed by atoms with van der Waals surface area (Å²) in [7, 11) is 1.49. The number of hydrogen-bond donors (Lipinski definition) is 2. The Bertz CT molecular complexity index is 432. The Balaban J connectivity index is 3.00. The van der Waals surface area contributed by atoms with Gasteiger partial charge in [0.2, 0.25) is 6.54 Å². The van der Waals surface area contributed by atoms with Gasteiger partial charge >= 0.3 is 5.97 Å². The molecule has 0 saturated heterocycles. The molecule has 0 unspecified atom stereocenters. The summed E-state index contributed by atoms with van der Waals surface area (Å²) in [5.41, 5.74) is 5.98. The second-order valence-electron chi connectivity index (χ2n) is 3.76. The van der Waals surface area contributed by atoms with E-state index < -0.39 is 29.4 Å². The molecule has 98 valence electrons. The number of rotatable bonds is 6. The Morgan fingerprint density at radius 3 is 2.44 bits per heavy atom. The molecular weight excluding hydrogens is 240 g/mol. The second kappa shape index (κ2) is 5.97. The molecule has 0 aliphatic carbocycles. The van der Waals surface area contributed by atoms with Crippen molar-refractivity contribution in [1.29, 1.82) is 0 Å². The van der Waals surface area contributed by atoms with Gasteiger partial charge in [0.25, 0.3) is 0 Å². The van der Waals surface area contributed by atoms with Crippen LogP contribution in [0.1, 0.15) is 11.5 Å². The minimum Gasteiger partial charge on any atom is -0.497 e. The highest BCUT2D eigenvalue weighted by Gasteiger charge is 2.30. The molecule has 1 rings (SSSR count). The van der Waals surface area contributed by atoms with Gasteiger partial charge in [0.15, 0.2) is 0 Å². The van der Waals surface area contributed by atoms with Gasteiger partial charge in [0.1, 0.15) is 11.8 Å². The second-order valence-corrected chi connectivity index (χ2v) is 3.76. The van der Waals surface area contributed by atoms with Crippen molar-refractivity contribution in [3.8, 4) is 5.75 Å². The molecule has 0 amide bonds. The van der Waals surface area contributed by atoms with Crippen LogP contribution in [0.15, 0.2) is 24.3 Å². The van der Waals surface area contributed by atoms with E-state index in [1.165, 1.54) is 7.11 Å². The van der Waals surface area contributed by atoms with Gasteiger partial charge in [-0.3, -0.25) is 14.9 Å². The van der Waals surface area contributed by atoms with Gasteiger partial charge in [-0.15, -0.1) is 0 Å². The van der Waals surface area contributed by atoms with Crippen LogP contribution < -0.4 is 10.5 Å². The standard InChI is InChI=1S/C11H14N2O5/c1-18-8-4-2-7(3-5-8)9(6-13(16)17)10(12)11(14)15/h2-5,9-10H,6,12H2,1H3,(H,14,15)/t9-,10+/m1/s1. The lowest BCUT2D eigenvalue weighted by Crippen LogP contribution is -2.39. The number of carboxylic acid groups (broad SMARTS) is 1. The summed E-state index contributed by atoms with van der Waals surface area (Å²) in [6.45, 7) is -0.528. The van der Waals surface area contributed by atoms with Crippen molar-refractivity contribution in [3.63, 3.8) is 0 Å². The van der Waals surface area contributed by atoms with Gasteiger partial charge in [0, 0.05) is 4.92 Å². The third-order valence-corrected chi connectivity index (χ3v) is 2.61. The smallest absolute Gasteiger partial charge is 0.321 e. The van der Waals surface area contributed by atoms with Crippen molar-refractivity contribution in [3.05, 3.63) is 39.9 Å². The maximum atomic E-state index is 10.8. The van der Waals surface area contributed by atoms with Crippen LogP contribution in [-0.2, 0) is 4.79 Å². The average molecular weight is 254 g/mol. The van der Waals surface area contributed by atoms with Crippen LogP contribution in [0.3, 0.4) is 0 Å². The molecule has 0 aromatic heterocycles. The van der Waals surface area contributed by atoms with Crippen molar-refractivity contribution >= 4 is 5.97 Å². The third-order valence-electron chi connectivity index (χ3n) is 2.61. The number of benzene rings is 1. The largest absolute Gasteiger partial charge is 0.497 e. The van der Waals surface area contributed by atoms with E-state index in [0.29, 0.717) is 11.3 Å². The van der Waals surface area contributed by atoms with E-state index >= 15 is 0 Å². The van der Waals surface area contributed by atoms with E-state index in [-0.39, 0.29) is 0 Å². The molecule has 3 N–H and O–H groups in total. The fourth-order valence-corrected chi connectivity index (χ4v) is 1.61. The summed E-state index contributed by atoms with van der Waals surface area (Å²) in [6, 6.07) is 5.06. The summed E-state index contributed by atoms with van der Waals surface area (Å²) in [5.74, 6) is -1.55. The predicted octanol–water partition coefficient (Wildman–Crippen LogP) is 0.467. The summed E-state index contributed by atoms with van der Waals surface area (Å²) in [6.07, 6.45) is 0. The molecule has 0 radical (unpaired) electrons. The topological polar surface area (TPSA) is 116 Å². The number of nitro groups is 1. The highest BCUT2D eigenvalue weighted by atomic mass is 16.6. The van der Waals surface area contributed by atoms with Crippen molar-refractivity contribution < 1.29 is 19.6 Å².